The van der Waals surface area contributed by atoms with E-state index in [1.54, 1.807) is 0 Å². The number of rotatable bonds is 7. The maximum absolute atomic E-state index is 12.2. The second-order valence-electron chi connectivity index (χ2n) is 8.21. The normalized spacial score (nSPS) is 13.1. The first kappa shape index (κ1) is 20.0. The summed E-state index contributed by atoms with van der Waals surface area (Å²) in [7, 11) is 0. The number of hydrogen-bond donors (Lipinski definition) is 1. The molecule has 0 unspecified atom stereocenters. The lowest BCUT2D eigenvalue weighted by molar-refractivity contribution is -0.121. The molecule has 1 fully saturated rings. The summed E-state index contributed by atoms with van der Waals surface area (Å²) < 4.78 is 2.25. The molecule has 1 aliphatic rings. The van der Waals surface area contributed by atoms with Crippen LogP contribution in [0.5, 0.6) is 0 Å². The first-order valence-electron chi connectivity index (χ1n) is 10.6. The predicted molar refractivity (Wildman–Crippen MR) is 119 cm³/mol. The summed E-state index contributed by atoms with van der Waals surface area (Å²) in [6, 6.07) is 21.5. The zero-order valence-electron chi connectivity index (χ0n) is 17.6. The molecule has 0 bridgehead atoms. The highest BCUT2D eigenvalue weighted by Gasteiger charge is 2.23. The minimum Gasteiger partial charge on any atom is -0.353 e. The molecule has 2 aromatic carbocycles. The highest BCUT2D eigenvalue weighted by Crippen LogP contribution is 2.30. The average Bonchev–Trinajstić information content (AvgIpc) is 3.44. The van der Waals surface area contributed by atoms with Crippen molar-refractivity contribution in [1.29, 1.82) is 5.26 Å². The summed E-state index contributed by atoms with van der Waals surface area (Å²) in [6.07, 6.45) is 3.79. The van der Waals surface area contributed by atoms with Crippen LogP contribution in [0.2, 0.25) is 0 Å². The number of aryl methyl sites for hydroxylation is 3. The molecular formula is C26H27N3O. The van der Waals surface area contributed by atoms with Crippen molar-refractivity contribution in [1.82, 2.24) is 9.88 Å². The van der Waals surface area contributed by atoms with Crippen LogP contribution in [0.1, 0.15) is 41.6 Å². The van der Waals surface area contributed by atoms with Gasteiger partial charge in [0.1, 0.15) is 0 Å². The Bertz CT molecular complexity index is 1100. The third-order valence-corrected chi connectivity index (χ3v) is 5.65. The predicted octanol–water partition coefficient (Wildman–Crippen LogP) is 5.04. The van der Waals surface area contributed by atoms with Crippen molar-refractivity contribution in [3.05, 3.63) is 77.0 Å². The summed E-state index contributed by atoms with van der Waals surface area (Å²) in [5, 5.41) is 12.0. The summed E-state index contributed by atoms with van der Waals surface area (Å²) >= 11 is 0. The van der Waals surface area contributed by atoms with Crippen molar-refractivity contribution in [2.75, 3.05) is 0 Å². The lowest BCUT2D eigenvalue weighted by atomic mass is 10.0. The van der Waals surface area contributed by atoms with Crippen LogP contribution in [0.4, 0.5) is 0 Å². The lowest BCUT2D eigenvalue weighted by Gasteiger charge is -2.16. The number of carbonyl (C=O) groups is 1. The number of hydrogen-bond acceptors (Lipinski definition) is 2. The van der Waals surface area contributed by atoms with Gasteiger partial charge in [0.25, 0.3) is 0 Å². The van der Waals surface area contributed by atoms with Gasteiger partial charge < -0.3 is 9.88 Å². The van der Waals surface area contributed by atoms with Crippen LogP contribution in [0, 0.1) is 25.2 Å². The number of nitrogens with zero attached hydrogens (tertiary/aromatic N) is 2. The number of aromatic nitrogens is 1. The Morgan fingerprint density at radius 2 is 1.87 bits per heavy atom. The number of benzene rings is 2. The number of carbonyl (C=O) groups excluding carboxylic acids is 1. The molecule has 1 aliphatic carbocycles. The second-order valence-corrected chi connectivity index (χ2v) is 8.21. The molecule has 30 heavy (non-hydrogen) atoms. The molecule has 0 radical (unpaired) electrons. The quantitative estimate of drug-likeness (QED) is 0.607. The Kier molecular flexibility index (Phi) is 5.72. The van der Waals surface area contributed by atoms with Gasteiger partial charge in [-0.3, -0.25) is 4.79 Å². The van der Waals surface area contributed by atoms with Crippen LogP contribution < -0.4 is 5.32 Å². The van der Waals surface area contributed by atoms with Gasteiger partial charge >= 0.3 is 0 Å². The monoisotopic (exact) mass is 397 g/mol. The molecule has 152 valence electrons. The van der Waals surface area contributed by atoms with E-state index in [9.17, 15) is 4.79 Å². The highest BCUT2D eigenvalue weighted by atomic mass is 16.1. The minimum atomic E-state index is 0.127. The molecule has 0 saturated heterocycles. The maximum Gasteiger partial charge on any atom is 0.220 e. The fourth-order valence-corrected chi connectivity index (χ4v) is 3.91. The second kappa shape index (κ2) is 8.59. The van der Waals surface area contributed by atoms with Gasteiger partial charge in [-0.05, 0) is 68.5 Å². The molecule has 1 N–H and O–H groups in total. The smallest absolute Gasteiger partial charge is 0.220 e. The molecule has 0 aliphatic heterocycles. The molecule has 1 aromatic heterocycles. The van der Waals surface area contributed by atoms with E-state index in [1.807, 2.05) is 12.1 Å². The first-order chi connectivity index (χ1) is 14.5. The summed E-state index contributed by atoms with van der Waals surface area (Å²) in [4.78, 5) is 12.2. The van der Waals surface area contributed by atoms with E-state index in [0.29, 0.717) is 25.3 Å². The molecule has 1 amide bonds. The standard InChI is InChI=1S/C26H27N3O/c1-18-3-12-24(19(2)17-18)25-13-10-23(11-14-26(30)28-21-6-7-21)29(25)22-8-4-20(5-9-22)15-16-27/h3-5,8-10,12-13,17,21H,6-7,11,14-15H2,1-2H3,(H,28,30). The van der Waals surface area contributed by atoms with E-state index >= 15 is 0 Å². The van der Waals surface area contributed by atoms with E-state index in [-0.39, 0.29) is 5.91 Å². The molecule has 4 rings (SSSR count). The van der Waals surface area contributed by atoms with Crippen LogP contribution in [-0.2, 0) is 17.6 Å². The van der Waals surface area contributed by atoms with Crippen molar-refractivity contribution in [3.63, 3.8) is 0 Å². The van der Waals surface area contributed by atoms with Crippen molar-refractivity contribution in [3.8, 4) is 23.0 Å². The average molecular weight is 398 g/mol. The zero-order chi connectivity index (χ0) is 21.1. The van der Waals surface area contributed by atoms with Crippen LogP contribution in [-0.4, -0.2) is 16.5 Å². The van der Waals surface area contributed by atoms with Crippen molar-refractivity contribution in [2.45, 2.75) is 52.0 Å². The molecule has 3 aromatic rings. The van der Waals surface area contributed by atoms with Crippen LogP contribution in [0.15, 0.2) is 54.6 Å². The minimum absolute atomic E-state index is 0.127. The largest absolute Gasteiger partial charge is 0.353 e. The summed E-state index contributed by atoms with van der Waals surface area (Å²) in [5.74, 6) is 0.127. The van der Waals surface area contributed by atoms with Gasteiger partial charge in [0.2, 0.25) is 5.91 Å². The number of nitriles is 1. The molecule has 4 heteroatoms. The molecule has 0 spiro atoms. The Morgan fingerprint density at radius 1 is 1.10 bits per heavy atom. The molecule has 1 heterocycles. The highest BCUT2D eigenvalue weighted by molar-refractivity contribution is 5.77. The third kappa shape index (κ3) is 4.46. The lowest BCUT2D eigenvalue weighted by Crippen LogP contribution is -2.25. The molecule has 1 saturated carbocycles. The Hall–Kier alpha value is -3.32. The maximum atomic E-state index is 12.2. The molecule has 4 nitrogen and oxygen atoms in total. The topological polar surface area (TPSA) is 57.8 Å². The SMILES string of the molecule is Cc1ccc(-c2ccc(CCC(=O)NC3CC3)n2-c2ccc(CC#N)cc2)c(C)c1. The third-order valence-electron chi connectivity index (χ3n) is 5.65. The van der Waals surface area contributed by atoms with Gasteiger partial charge in [0.15, 0.2) is 0 Å². The van der Waals surface area contributed by atoms with Gasteiger partial charge in [-0.1, -0.05) is 35.9 Å². The van der Waals surface area contributed by atoms with E-state index in [1.165, 1.54) is 16.7 Å². The van der Waals surface area contributed by atoms with Crippen molar-refractivity contribution >= 4 is 5.91 Å². The summed E-state index contributed by atoms with van der Waals surface area (Å²) in [6.45, 7) is 4.24. The van der Waals surface area contributed by atoms with Crippen molar-refractivity contribution in [2.24, 2.45) is 0 Å². The van der Waals surface area contributed by atoms with Crippen LogP contribution >= 0.6 is 0 Å². The summed E-state index contributed by atoms with van der Waals surface area (Å²) in [5.41, 5.74) is 7.96. The molecular weight excluding hydrogens is 370 g/mol. The first-order valence-corrected chi connectivity index (χ1v) is 10.6. The Morgan fingerprint density at radius 3 is 2.53 bits per heavy atom. The fourth-order valence-electron chi connectivity index (χ4n) is 3.91. The van der Waals surface area contributed by atoms with E-state index in [4.69, 9.17) is 5.26 Å². The van der Waals surface area contributed by atoms with Crippen LogP contribution in [0.3, 0.4) is 0 Å². The van der Waals surface area contributed by atoms with Gasteiger partial charge in [-0.15, -0.1) is 0 Å². The van der Waals surface area contributed by atoms with E-state index in [2.05, 4.69) is 72.3 Å². The number of nitrogens with one attached hydrogen (secondary N) is 1. The van der Waals surface area contributed by atoms with Gasteiger partial charge in [-0.2, -0.15) is 5.26 Å². The Labute approximate surface area is 178 Å². The van der Waals surface area contributed by atoms with Crippen molar-refractivity contribution < 1.29 is 4.79 Å². The number of amides is 1. The van der Waals surface area contributed by atoms with Gasteiger partial charge in [-0.25, -0.2) is 0 Å². The Balaban J connectivity index is 1.69. The van der Waals surface area contributed by atoms with E-state index < -0.39 is 0 Å². The fraction of sp³-hybridized carbons (Fsp3) is 0.308. The molecule has 0 atom stereocenters. The van der Waals surface area contributed by atoms with Gasteiger partial charge in [0, 0.05) is 29.4 Å². The van der Waals surface area contributed by atoms with Crippen LogP contribution in [0.25, 0.3) is 16.9 Å². The van der Waals surface area contributed by atoms with E-state index in [0.717, 1.165) is 35.5 Å². The zero-order valence-corrected chi connectivity index (χ0v) is 17.6. The van der Waals surface area contributed by atoms with Gasteiger partial charge in [0.05, 0.1) is 18.2 Å².